The molecule has 7 heteroatoms. The Kier molecular flexibility index (Phi) is 4.32. The van der Waals surface area contributed by atoms with Gasteiger partial charge < -0.3 is 4.90 Å². The lowest BCUT2D eigenvalue weighted by molar-refractivity contribution is -0.385. The molecule has 0 atom stereocenters. The molecule has 1 amide bonds. The van der Waals surface area contributed by atoms with Gasteiger partial charge in [-0.05, 0) is 36.1 Å². The highest BCUT2D eigenvalue weighted by atomic mass is 32.1. The molecule has 2 aromatic rings. The molecule has 1 heterocycles. The van der Waals surface area contributed by atoms with Gasteiger partial charge in [0.05, 0.1) is 11.5 Å². The first-order valence-corrected chi connectivity index (χ1v) is 7.00. The predicted octanol–water partition coefficient (Wildman–Crippen LogP) is 3.38. The van der Waals surface area contributed by atoms with Crippen molar-refractivity contribution in [1.29, 1.82) is 0 Å². The van der Waals surface area contributed by atoms with Crippen LogP contribution in [0.25, 0.3) is 0 Å². The van der Waals surface area contributed by atoms with Crippen LogP contribution in [0.2, 0.25) is 0 Å². The van der Waals surface area contributed by atoms with Crippen molar-refractivity contribution in [3.8, 4) is 0 Å². The second-order valence-corrected chi connectivity index (χ2v) is 5.61. The molecule has 0 aliphatic heterocycles. The summed E-state index contributed by atoms with van der Waals surface area (Å²) < 4.78 is 13.3. The lowest BCUT2D eigenvalue weighted by Crippen LogP contribution is -2.26. The molecule has 0 unspecified atom stereocenters. The number of hydrogen-bond donors (Lipinski definition) is 0. The molecular weight excluding hydrogens is 295 g/mol. The van der Waals surface area contributed by atoms with E-state index < -0.39 is 22.3 Å². The highest BCUT2D eigenvalue weighted by Gasteiger charge is 2.24. The van der Waals surface area contributed by atoms with E-state index in [-0.39, 0.29) is 5.56 Å². The van der Waals surface area contributed by atoms with Gasteiger partial charge in [0.15, 0.2) is 0 Å². The first-order chi connectivity index (χ1) is 9.90. The van der Waals surface area contributed by atoms with Crippen LogP contribution in [0.1, 0.15) is 20.8 Å². The summed E-state index contributed by atoms with van der Waals surface area (Å²) in [6, 6.07) is 4.81. The second-order valence-electron chi connectivity index (χ2n) is 4.61. The molecule has 0 saturated carbocycles. The third-order valence-corrected chi connectivity index (χ3v) is 4.09. The van der Waals surface area contributed by atoms with Crippen LogP contribution < -0.4 is 0 Å². The summed E-state index contributed by atoms with van der Waals surface area (Å²) in [4.78, 5) is 24.9. The highest BCUT2D eigenvalue weighted by Crippen LogP contribution is 2.23. The fourth-order valence-electron chi connectivity index (χ4n) is 1.90. The lowest BCUT2D eigenvalue weighted by atomic mass is 10.1. The van der Waals surface area contributed by atoms with E-state index in [1.807, 2.05) is 18.4 Å². The lowest BCUT2D eigenvalue weighted by Gasteiger charge is -2.17. The van der Waals surface area contributed by atoms with E-state index in [1.165, 1.54) is 23.3 Å². The molecule has 110 valence electrons. The Morgan fingerprint density at radius 1 is 1.43 bits per heavy atom. The Balaban J connectivity index is 2.29. The molecule has 0 radical (unpaired) electrons. The first kappa shape index (κ1) is 15.1. The van der Waals surface area contributed by atoms with Gasteiger partial charge in [-0.1, -0.05) is 0 Å². The quantitative estimate of drug-likeness (QED) is 0.642. The van der Waals surface area contributed by atoms with Gasteiger partial charge in [0, 0.05) is 18.0 Å². The molecule has 1 aromatic carbocycles. The summed E-state index contributed by atoms with van der Waals surface area (Å²) in [5, 5.41) is 12.9. The standard InChI is InChI=1S/C14H13FN2O3S/c1-9-5-6-21-13(9)8-16(2)14(18)11-7-10(15)3-4-12(11)17(19)20/h3-7H,8H2,1-2H3. The zero-order chi connectivity index (χ0) is 15.6. The Hall–Kier alpha value is -2.28. The summed E-state index contributed by atoms with van der Waals surface area (Å²) in [5.41, 5.74) is 0.418. The zero-order valence-electron chi connectivity index (χ0n) is 11.5. The highest BCUT2D eigenvalue weighted by molar-refractivity contribution is 7.10. The van der Waals surface area contributed by atoms with E-state index in [9.17, 15) is 19.3 Å². The maximum atomic E-state index is 13.3. The van der Waals surface area contributed by atoms with Crippen LogP contribution in [0.15, 0.2) is 29.6 Å². The van der Waals surface area contributed by atoms with Gasteiger partial charge in [0.1, 0.15) is 11.4 Å². The molecule has 0 aliphatic rings. The van der Waals surface area contributed by atoms with Gasteiger partial charge in [-0.25, -0.2) is 4.39 Å². The number of halogens is 1. The number of benzene rings is 1. The Morgan fingerprint density at radius 2 is 2.14 bits per heavy atom. The molecular formula is C14H13FN2O3S. The molecule has 0 aliphatic carbocycles. The normalized spacial score (nSPS) is 10.4. The van der Waals surface area contributed by atoms with Gasteiger partial charge >= 0.3 is 0 Å². The number of aryl methyl sites for hydroxylation is 1. The summed E-state index contributed by atoms with van der Waals surface area (Å²) in [6.45, 7) is 2.25. The van der Waals surface area contributed by atoms with E-state index >= 15 is 0 Å². The molecule has 0 spiro atoms. The number of amides is 1. The van der Waals surface area contributed by atoms with Crippen molar-refractivity contribution in [3.05, 3.63) is 61.6 Å². The minimum Gasteiger partial charge on any atom is -0.336 e. The number of thiophene rings is 1. The minimum absolute atomic E-state index is 0.239. The summed E-state index contributed by atoms with van der Waals surface area (Å²) in [5.74, 6) is -1.25. The van der Waals surface area contributed by atoms with Gasteiger partial charge in [0.2, 0.25) is 0 Å². The summed E-state index contributed by atoms with van der Waals surface area (Å²) in [6.07, 6.45) is 0. The Labute approximate surface area is 124 Å². The van der Waals surface area contributed by atoms with Crippen LogP contribution in [0.5, 0.6) is 0 Å². The number of nitro benzene ring substituents is 1. The van der Waals surface area contributed by atoms with Crippen LogP contribution in [0, 0.1) is 22.9 Å². The van der Waals surface area contributed by atoms with Gasteiger partial charge in [0.25, 0.3) is 11.6 Å². The number of nitrogens with zero attached hydrogens (tertiary/aromatic N) is 2. The number of rotatable bonds is 4. The van der Waals surface area contributed by atoms with Crippen LogP contribution >= 0.6 is 11.3 Å². The fraction of sp³-hybridized carbons (Fsp3) is 0.214. The molecule has 5 nitrogen and oxygen atoms in total. The van der Waals surface area contributed by atoms with Crippen molar-refractivity contribution in [2.45, 2.75) is 13.5 Å². The predicted molar refractivity (Wildman–Crippen MR) is 77.9 cm³/mol. The van der Waals surface area contributed by atoms with Gasteiger partial charge in [-0.3, -0.25) is 14.9 Å². The fourth-order valence-corrected chi connectivity index (χ4v) is 2.86. The molecule has 0 N–H and O–H groups in total. The topological polar surface area (TPSA) is 63.5 Å². The number of nitro groups is 1. The zero-order valence-corrected chi connectivity index (χ0v) is 12.3. The first-order valence-electron chi connectivity index (χ1n) is 6.12. The van der Waals surface area contributed by atoms with Crippen LogP contribution in [0.4, 0.5) is 10.1 Å². The third-order valence-electron chi connectivity index (χ3n) is 3.08. The van der Waals surface area contributed by atoms with E-state index in [2.05, 4.69) is 0 Å². The van der Waals surface area contributed by atoms with E-state index in [0.29, 0.717) is 6.54 Å². The van der Waals surface area contributed by atoms with Crippen LogP contribution in [-0.2, 0) is 6.54 Å². The van der Waals surface area contributed by atoms with Crippen molar-refractivity contribution in [1.82, 2.24) is 4.90 Å². The molecule has 0 bridgehead atoms. The second kappa shape index (κ2) is 6.01. The molecule has 0 saturated heterocycles. The van der Waals surface area contributed by atoms with Crippen molar-refractivity contribution < 1.29 is 14.1 Å². The monoisotopic (exact) mass is 308 g/mol. The van der Waals surface area contributed by atoms with Crippen molar-refractivity contribution in [2.24, 2.45) is 0 Å². The third kappa shape index (κ3) is 3.25. The molecule has 2 rings (SSSR count). The van der Waals surface area contributed by atoms with Crippen molar-refractivity contribution >= 4 is 22.9 Å². The summed E-state index contributed by atoms with van der Waals surface area (Å²) >= 11 is 1.50. The SMILES string of the molecule is Cc1ccsc1CN(C)C(=O)c1cc(F)ccc1[N+](=O)[O-]. The number of hydrogen-bond acceptors (Lipinski definition) is 4. The molecule has 0 fully saturated rings. The van der Waals surface area contributed by atoms with E-state index in [1.54, 1.807) is 0 Å². The number of carbonyl (C=O) groups excluding carboxylic acids is 1. The van der Waals surface area contributed by atoms with Crippen molar-refractivity contribution in [3.63, 3.8) is 0 Å². The van der Waals surface area contributed by atoms with Crippen LogP contribution in [0.3, 0.4) is 0 Å². The Morgan fingerprint density at radius 3 is 2.71 bits per heavy atom. The maximum absolute atomic E-state index is 13.3. The molecule has 1 aromatic heterocycles. The van der Waals surface area contributed by atoms with E-state index in [0.717, 1.165) is 28.6 Å². The average Bonchev–Trinajstić information content (AvgIpc) is 2.83. The van der Waals surface area contributed by atoms with Crippen molar-refractivity contribution in [2.75, 3.05) is 7.05 Å². The summed E-state index contributed by atoms with van der Waals surface area (Å²) in [7, 11) is 1.54. The smallest absolute Gasteiger partial charge is 0.282 e. The van der Waals surface area contributed by atoms with Crippen LogP contribution in [-0.4, -0.2) is 22.8 Å². The minimum atomic E-state index is -0.684. The maximum Gasteiger partial charge on any atom is 0.282 e. The molecule has 21 heavy (non-hydrogen) atoms. The van der Waals surface area contributed by atoms with E-state index in [4.69, 9.17) is 0 Å². The van der Waals surface area contributed by atoms with Gasteiger partial charge in [-0.2, -0.15) is 0 Å². The largest absolute Gasteiger partial charge is 0.336 e. The number of carbonyl (C=O) groups is 1. The van der Waals surface area contributed by atoms with Gasteiger partial charge in [-0.15, -0.1) is 11.3 Å². The Bertz CT molecular complexity index is 699. The average molecular weight is 308 g/mol.